The summed E-state index contributed by atoms with van der Waals surface area (Å²) in [6.45, 7) is 0. The van der Waals surface area contributed by atoms with Crippen molar-refractivity contribution in [3.05, 3.63) is 102 Å². The first-order chi connectivity index (χ1) is 11.3. The Morgan fingerprint density at radius 3 is 2.30 bits per heavy atom. The van der Waals surface area contributed by atoms with Crippen LogP contribution in [0.2, 0.25) is 0 Å². The summed E-state index contributed by atoms with van der Waals surface area (Å²) in [6.07, 6.45) is 16.8. The minimum Gasteiger partial charge on any atom is -0.356 e. The summed E-state index contributed by atoms with van der Waals surface area (Å²) in [5, 5.41) is 3.44. The maximum absolute atomic E-state index is 5.42. The van der Waals surface area contributed by atoms with E-state index in [0.29, 0.717) is 0 Å². The minimum atomic E-state index is -0.171. The molecule has 23 heavy (non-hydrogen) atoms. The Morgan fingerprint density at radius 1 is 1.00 bits per heavy atom. The number of anilines is 1. The van der Waals surface area contributed by atoms with Crippen LogP contribution in [0.15, 0.2) is 96.7 Å². The number of allylic oxidation sites excluding steroid dienone is 5. The van der Waals surface area contributed by atoms with Crippen LogP contribution in [-0.2, 0) is 5.41 Å². The molecule has 0 amide bonds. The van der Waals surface area contributed by atoms with Crippen LogP contribution in [0.5, 0.6) is 0 Å². The molecule has 2 aromatic rings. The van der Waals surface area contributed by atoms with E-state index in [0.717, 1.165) is 17.8 Å². The molecule has 1 nitrogen and oxygen atoms in total. The third-order valence-electron chi connectivity index (χ3n) is 4.07. The molecule has 0 radical (unpaired) electrons. The second-order valence-corrected chi connectivity index (χ2v) is 5.59. The van der Waals surface area contributed by atoms with E-state index in [1.807, 2.05) is 24.3 Å². The first-order valence-electron chi connectivity index (χ1n) is 7.73. The van der Waals surface area contributed by atoms with Crippen LogP contribution in [0.25, 0.3) is 0 Å². The molecule has 0 bridgehead atoms. The Bertz CT molecular complexity index is 776. The summed E-state index contributed by atoms with van der Waals surface area (Å²) in [4.78, 5) is 0. The summed E-state index contributed by atoms with van der Waals surface area (Å²) >= 11 is 0. The van der Waals surface area contributed by atoms with E-state index in [2.05, 4.69) is 71.9 Å². The maximum Gasteiger partial charge on any atom is 0.0384 e. The lowest BCUT2D eigenvalue weighted by Gasteiger charge is -2.30. The number of nitrogens with one attached hydrogen (secondary N) is 1. The Labute approximate surface area is 138 Å². The Kier molecular flexibility index (Phi) is 4.45. The molecule has 1 atom stereocenters. The van der Waals surface area contributed by atoms with Crippen molar-refractivity contribution in [3.8, 4) is 12.3 Å². The Balaban J connectivity index is 1.85. The number of para-hydroxylation sites is 1. The van der Waals surface area contributed by atoms with Crippen LogP contribution in [0, 0.1) is 12.3 Å². The number of terminal acetylenes is 1. The molecule has 0 fully saturated rings. The molecule has 1 N–H and O–H groups in total. The van der Waals surface area contributed by atoms with Crippen molar-refractivity contribution in [2.24, 2.45) is 0 Å². The fourth-order valence-corrected chi connectivity index (χ4v) is 2.81. The Hall–Kier alpha value is -2.98. The van der Waals surface area contributed by atoms with Crippen molar-refractivity contribution < 1.29 is 0 Å². The van der Waals surface area contributed by atoms with E-state index in [-0.39, 0.29) is 5.41 Å². The highest BCUT2D eigenvalue weighted by molar-refractivity contribution is 5.53. The summed E-state index contributed by atoms with van der Waals surface area (Å²) in [5.74, 6) is 2.61. The summed E-state index contributed by atoms with van der Waals surface area (Å²) < 4.78 is 0. The predicted octanol–water partition coefficient (Wildman–Crippen LogP) is 5.07. The zero-order chi connectivity index (χ0) is 16.0. The summed E-state index contributed by atoms with van der Waals surface area (Å²) in [7, 11) is 0. The molecule has 0 aliphatic heterocycles. The highest BCUT2D eigenvalue weighted by Crippen LogP contribution is 2.35. The Morgan fingerprint density at radius 2 is 1.70 bits per heavy atom. The van der Waals surface area contributed by atoms with Gasteiger partial charge in [0.15, 0.2) is 0 Å². The molecule has 0 heterocycles. The largest absolute Gasteiger partial charge is 0.356 e. The van der Waals surface area contributed by atoms with Crippen molar-refractivity contribution >= 4 is 5.69 Å². The van der Waals surface area contributed by atoms with Gasteiger partial charge in [0.1, 0.15) is 0 Å². The van der Waals surface area contributed by atoms with Gasteiger partial charge >= 0.3 is 0 Å². The highest BCUT2D eigenvalue weighted by atomic mass is 14.9. The van der Waals surface area contributed by atoms with Crippen molar-refractivity contribution in [1.29, 1.82) is 0 Å². The molecule has 1 heteroatoms. The smallest absolute Gasteiger partial charge is 0.0384 e. The van der Waals surface area contributed by atoms with Crippen molar-refractivity contribution in [2.45, 2.75) is 11.8 Å². The van der Waals surface area contributed by atoms with Crippen molar-refractivity contribution in [2.75, 3.05) is 5.32 Å². The van der Waals surface area contributed by atoms with Gasteiger partial charge in [0, 0.05) is 16.8 Å². The zero-order valence-corrected chi connectivity index (χ0v) is 12.9. The molecular weight excluding hydrogens is 278 g/mol. The van der Waals surface area contributed by atoms with E-state index in [1.54, 1.807) is 6.08 Å². The van der Waals surface area contributed by atoms with Gasteiger partial charge in [-0.15, -0.1) is 6.42 Å². The molecule has 0 saturated heterocycles. The normalized spacial score (nSPS) is 20.0. The van der Waals surface area contributed by atoms with E-state index < -0.39 is 0 Å². The number of benzene rings is 2. The molecule has 0 aromatic heterocycles. The molecule has 1 aliphatic carbocycles. The third kappa shape index (κ3) is 3.44. The van der Waals surface area contributed by atoms with Crippen LogP contribution < -0.4 is 5.32 Å². The van der Waals surface area contributed by atoms with Crippen LogP contribution in [-0.4, -0.2) is 0 Å². The van der Waals surface area contributed by atoms with Crippen molar-refractivity contribution in [3.63, 3.8) is 0 Å². The van der Waals surface area contributed by atoms with E-state index >= 15 is 0 Å². The maximum atomic E-state index is 5.42. The van der Waals surface area contributed by atoms with Gasteiger partial charge in [0.2, 0.25) is 0 Å². The van der Waals surface area contributed by atoms with E-state index in [1.165, 1.54) is 5.56 Å². The summed E-state index contributed by atoms with van der Waals surface area (Å²) in [5.41, 5.74) is 3.28. The van der Waals surface area contributed by atoms with Crippen molar-refractivity contribution in [1.82, 2.24) is 0 Å². The first kappa shape index (κ1) is 14.9. The fraction of sp³-hybridized carbons (Fsp3) is 0.0909. The first-order valence-corrected chi connectivity index (χ1v) is 7.73. The minimum absolute atomic E-state index is 0.171. The van der Waals surface area contributed by atoms with Crippen LogP contribution in [0.3, 0.4) is 0 Å². The molecular formula is C22H19N. The van der Waals surface area contributed by atoms with Crippen LogP contribution >= 0.6 is 0 Å². The lowest BCUT2D eigenvalue weighted by atomic mass is 9.75. The second kappa shape index (κ2) is 6.85. The van der Waals surface area contributed by atoms with E-state index in [9.17, 15) is 0 Å². The van der Waals surface area contributed by atoms with E-state index in [4.69, 9.17) is 6.42 Å². The van der Waals surface area contributed by atoms with Gasteiger partial charge in [-0.1, -0.05) is 72.7 Å². The van der Waals surface area contributed by atoms with Gasteiger partial charge in [-0.25, -0.2) is 0 Å². The number of hydrogen-bond acceptors (Lipinski definition) is 1. The monoisotopic (exact) mass is 297 g/mol. The van der Waals surface area contributed by atoms with Gasteiger partial charge in [0.05, 0.1) is 0 Å². The third-order valence-corrected chi connectivity index (χ3v) is 4.07. The van der Waals surface area contributed by atoms with Crippen LogP contribution in [0.4, 0.5) is 5.69 Å². The predicted molar refractivity (Wildman–Crippen MR) is 98.0 cm³/mol. The fourth-order valence-electron chi connectivity index (χ4n) is 2.81. The van der Waals surface area contributed by atoms with Crippen LogP contribution in [0.1, 0.15) is 12.0 Å². The van der Waals surface area contributed by atoms with Gasteiger partial charge in [-0.3, -0.25) is 0 Å². The molecule has 2 aromatic carbocycles. The van der Waals surface area contributed by atoms with Gasteiger partial charge in [-0.2, -0.15) is 0 Å². The lowest BCUT2D eigenvalue weighted by Crippen LogP contribution is -2.23. The summed E-state index contributed by atoms with van der Waals surface area (Å²) in [6, 6.07) is 20.7. The van der Waals surface area contributed by atoms with Gasteiger partial charge in [0.25, 0.3) is 0 Å². The number of rotatable bonds is 4. The second-order valence-electron chi connectivity index (χ2n) is 5.59. The average Bonchev–Trinajstić information content (AvgIpc) is 2.63. The lowest BCUT2D eigenvalue weighted by molar-refractivity contribution is 0.671. The van der Waals surface area contributed by atoms with Gasteiger partial charge < -0.3 is 5.32 Å². The molecule has 3 rings (SSSR count). The molecule has 0 saturated carbocycles. The average molecular weight is 297 g/mol. The highest BCUT2D eigenvalue weighted by Gasteiger charge is 2.27. The number of hydrogen-bond donors (Lipinski definition) is 1. The molecule has 0 spiro atoms. The quantitative estimate of drug-likeness (QED) is 0.777. The molecule has 1 aliphatic rings. The van der Waals surface area contributed by atoms with Gasteiger partial charge in [-0.05, 0) is 36.3 Å². The molecule has 1 unspecified atom stereocenters. The standard InChI is InChI=1S/C22H19N/c1-2-3-16-22(19-10-6-4-7-11-19)17-14-21(15-18-22)23-20-12-8-5-9-13-20/h1,3-17,23H,18H2. The zero-order valence-electron chi connectivity index (χ0n) is 12.9. The SMILES string of the molecule is C#CC=CC1(c2ccccc2)C=CC(Nc2ccccc2)=CC1. The molecule has 112 valence electrons. The topological polar surface area (TPSA) is 12.0 Å².